The Balaban J connectivity index is 1.65. The summed E-state index contributed by atoms with van der Waals surface area (Å²) in [6.45, 7) is 0. The molecule has 2 N–H and O–H groups in total. The van der Waals surface area contributed by atoms with E-state index in [9.17, 15) is 0 Å². The lowest BCUT2D eigenvalue weighted by Gasteiger charge is -2.21. The minimum absolute atomic E-state index is 0.285. The molecule has 3 rings (SSSR count). The summed E-state index contributed by atoms with van der Waals surface area (Å²) < 4.78 is 2.10. The summed E-state index contributed by atoms with van der Waals surface area (Å²) >= 11 is 1.69. The van der Waals surface area contributed by atoms with Crippen molar-refractivity contribution in [1.82, 2.24) is 9.38 Å². The normalized spacial score (nSPS) is 20.1. The second-order valence-electron chi connectivity index (χ2n) is 5.44. The number of aromatic nitrogens is 2. The molecular weight excluding hydrogens is 242 g/mol. The Morgan fingerprint density at radius 2 is 2.11 bits per heavy atom. The second-order valence-corrected chi connectivity index (χ2v) is 6.32. The fourth-order valence-electron chi connectivity index (χ4n) is 3.02. The van der Waals surface area contributed by atoms with Crippen molar-refractivity contribution in [3.8, 4) is 0 Å². The smallest absolute Gasteiger partial charge is 0.193 e. The SMILES string of the molecule is NC(Cc1cn2ccsc2n1)C1CCCCCC1. The van der Waals surface area contributed by atoms with Crippen molar-refractivity contribution < 1.29 is 0 Å². The number of imidazole rings is 1. The van der Waals surface area contributed by atoms with Gasteiger partial charge < -0.3 is 5.73 Å². The van der Waals surface area contributed by atoms with E-state index in [2.05, 4.69) is 27.2 Å². The first-order chi connectivity index (χ1) is 8.83. The average Bonchev–Trinajstić information content (AvgIpc) is 2.80. The van der Waals surface area contributed by atoms with E-state index >= 15 is 0 Å². The molecule has 1 aliphatic carbocycles. The van der Waals surface area contributed by atoms with Gasteiger partial charge in [-0.05, 0) is 18.8 Å². The molecule has 0 aliphatic heterocycles. The number of nitrogens with zero attached hydrogens (tertiary/aromatic N) is 2. The standard InChI is InChI=1S/C14H21N3S/c15-13(11-5-3-1-2-4-6-11)9-12-10-17-7-8-18-14(17)16-12/h7-8,10-11,13H,1-6,9,15H2. The summed E-state index contributed by atoms with van der Waals surface area (Å²) in [7, 11) is 0. The van der Waals surface area contributed by atoms with E-state index in [1.165, 1.54) is 38.5 Å². The first kappa shape index (κ1) is 12.2. The Bertz CT molecular complexity index is 465. The third kappa shape index (κ3) is 2.59. The zero-order valence-electron chi connectivity index (χ0n) is 10.7. The number of hydrogen-bond acceptors (Lipinski definition) is 3. The zero-order valence-corrected chi connectivity index (χ0v) is 11.5. The first-order valence-electron chi connectivity index (χ1n) is 6.99. The largest absolute Gasteiger partial charge is 0.327 e. The van der Waals surface area contributed by atoms with Crippen LogP contribution >= 0.6 is 11.3 Å². The maximum absolute atomic E-state index is 6.39. The molecule has 0 bridgehead atoms. The van der Waals surface area contributed by atoms with Gasteiger partial charge in [-0.25, -0.2) is 4.98 Å². The van der Waals surface area contributed by atoms with E-state index in [4.69, 9.17) is 5.73 Å². The van der Waals surface area contributed by atoms with Gasteiger partial charge in [0.05, 0.1) is 5.69 Å². The number of rotatable bonds is 3. The van der Waals surface area contributed by atoms with Gasteiger partial charge in [-0.15, -0.1) is 11.3 Å². The van der Waals surface area contributed by atoms with Gasteiger partial charge in [0, 0.05) is 30.2 Å². The third-order valence-corrected chi connectivity index (χ3v) is 4.86. The van der Waals surface area contributed by atoms with E-state index < -0.39 is 0 Å². The van der Waals surface area contributed by atoms with Crippen LogP contribution in [0.25, 0.3) is 4.96 Å². The Morgan fingerprint density at radius 1 is 1.33 bits per heavy atom. The Hall–Kier alpha value is -0.870. The summed E-state index contributed by atoms with van der Waals surface area (Å²) in [4.78, 5) is 5.71. The molecule has 2 aromatic heterocycles. The molecule has 0 radical (unpaired) electrons. The van der Waals surface area contributed by atoms with Crippen molar-refractivity contribution in [2.45, 2.75) is 51.0 Å². The zero-order chi connectivity index (χ0) is 12.4. The fourth-order valence-corrected chi connectivity index (χ4v) is 3.74. The summed E-state index contributed by atoms with van der Waals surface area (Å²) in [6.07, 6.45) is 13.2. The monoisotopic (exact) mass is 263 g/mol. The average molecular weight is 263 g/mol. The lowest BCUT2D eigenvalue weighted by Crippen LogP contribution is -2.32. The molecule has 98 valence electrons. The highest BCUT2D eigenvalue weighted by molar-refractivity contribution is 7.15. The fraction of sp³-hybridized carbons (Fsp3) is 0.643. The number of hydrogen-bond donors (Lipinski definition) is 1. The highest BCUT2D eigenvalue weighted by Gasteiger charge is 2.20. The van der Waals surface area contributed by atoms with Crippen molar-refractivity contribution >= 4 is 16.3 Å². The van der Waals surface area contributed by atoms with Gasteiger partial charge in [0.2, 0.25) is 0 Å². The summed E-state index contributed by atoms with van der Waals surface area (Å²) in [6, 6.07) is 0.285. The van der Waals surface area contributed by atoms with E-state index in [0.29, 0.717) is 5.92 Å². The van der Waals surface area contributed by atoms with Gasteiger partial charge in [0.15, 0.2) is 4.96 Å². The molecule has 2 heterocycles. The lowest BCUT2D eigenvalue weighted by molar-refractivity contribution is 0.371. The van der Waals surface area contributed by atoms with Gasteiger partial charge in [0.25, 0.3) is 0 Å². The van der Waals surface area contributed by atoms with Gasteiger partial charge in [-0.3, -0.25) is 4.40 Å². The van der Waals surface area contributed by atoms with E-state index in [1.807, 2.05) is 0 Å². The van der Waals surface area contributed by atoms with Crippen molar-refractivity contribution in [3.05, 3.63) is 23.5 Å². The topological polar surface area (TPSA) is 43.3 Å². The van der Waals surface area contributed by atoms with Gasteiger partial charge in [-0.2, -0.15) is 0 Å². The Kier molecular flexibility index (Phi) is 3.66. The Morgan fingerprint density at radius 3 is 2.83 bits per heavy atom. The van der Waals surface area contributed by atoms with Gasteiger partial charge >= 0.3 is 0 Å². The molecule has 1 fully saturated rings. The predicted octanol–water partition coefficient (Wildman–Crippen LogP) is 3.24. The molecular formula is C14H21N3S. The number of thiazole rings is 1. The summed E-state index contributed by atoms with van der Waals surface area (Å²) in [5.74, 6) is 0.701. The van der Waals surface area contributed by atoms with Crippen LogP contribution in [0.15, 0.2) is 17.8 Å². The van der Waals surface area contributed by atoms with Crippen LogP contribution in [0.5, 0.6) is 0 Å². The summed E-state index contributed by atoms with van der Waals surface area (Å²) in [5, 5.41) is 2.07. The quantitative estimate of drug-likeness (QED) is 0.864. The minimum atomic E-state index is 0.285. The third-order valence-electron chi connectivity index (χ3n) is 4.09. The molecule has 1 saturated carbocycles. The van der Waals surface area contributed by atoms with E-state index in [-0.39, 0.29) is 6.04 Å². The van der Waals surface area contributed by atoms with E-state index in [1.54, 1.807) is 11.3 Å². The molecule has 0 saturated heterocycles. The van der Waals surface area contributed by atoms with Crippen molar-refractivity contribution in [1.29, 1.82) is 0 Å². The van der Waals surface area contributed by atoms with Gasteiger partial charge in [-0.1, -0.05) is 25.7 Å². The van der Waals surface area contributed by atoms with E-state index in [0.717, 1.165) is 17.1 Å². The molecule has 1 aliphatic rings. The van der Waals surface area contributed by atoms with Crippen LogP contribution in [0.3, 0.4) is 0 Å². The number of fused-ring (bicyclic) bond motifs is 1. The van der Waals surface area contributed by atoms with Crippen LogP contribution in [0.2, 0.25) is 0 Å². The van der Waals surface area contributed by atoms with Crippen LogP contribution in [0.1, 0.15) is 44.2 Å². The molecule has 0 spiro atoms. The summed E-state index contributed by atoms with van der Waals surface area (Å²) in [5.41, 5.74) is 7.55. The maximum atomic E-state index is 6.39. The molecule has 1 unspecified atom stereocenters. The minimum Gasteiger partial charge on any atom is -0.327 e. The second kappa shape index (κ2) is 5.41. The van der Waals surface area contributed by atoms with Crippen molar-refractivity contribution in [2.75, 3.05) is 0 Å². The predicted molar refractivity (Wildman–Crippen MR) is 75.9 cm³/mol. The van der Waals surface area contributed by atoms with Crippen LogP contribution in [0.4, 0.5) is 0 Å². The molecule has 0 aromatic carbocycles. The molecule has 18 heavy (non-hydrogen) atoms. The molecule has 4 heteroatoms. The maximum Gasteiger partial charge on any atom is 0.193 e. The van der Waals surface area contributed by atoms with Crippen molar-refractivity contribution in [3.63, 3.8) is 0 Å². The Labute approximate surface area is 112 Å². The van der Waals surface area contributed by atoms with Crippen LogP contribution in [0, 0.1) is 5.92 Å². The highest BCUT2D eigenvalue weighted by Crippen LogP contribution is 2.26. The van der Waals surface area contributed by atoms with Crippen LogP contribution < -0.4 is 5.73 Å². The van der Waals surface area contributed by atoms with Gasteiger partial charge in [0.1, 0.15) is 0 Å². The molecule has 1 atom stereocenters. The number of nitrogens with two attached hydrogens (primary N) is 1. The molecule has 0 amide bonds. The van der Waals surface area contributed by atoms with Crippen LogP contribution in [-0.4, -0.2) is 15.4 Å². The first-order valence-corrected chi connectivity index (χ1v) is 7.87. The highest BCUT2D eigenvalue weighted by atomic mass is 32.1. The molecule has 3 nitrogen and oxygen atoms in total. The molecule has 2 aromatic rings. The van der Waals surface area contributed by atoms with Crippen molar-refractivity contribution in [2.24, 2.45) is 11.7 Å². The lowest BCUT2D eigenvalue weighted by atomic mass is 9.90. The van der Waals surface area contributed by atoms with Crippen LogP contribution in [-0.2, 0) is 6.42 Å².